The molecule has 2 saturated carbocycles. The highest BCUT2D eigenvalue weighted by Gasteiger charge is 2.89. The molecule has 5 aliphatic rings. The van der Waals surface area contributed by atoms with Crippen molar-refractivity contribution >= 4 is 149 Å². The number of hydrogen-bond donors (Lipinski definition) is 0. The highest BCUT2D eigenvalue weighted by molar-refractivity contribution is 9.10. The number of nitro groups is 1. The molecule has 0 radical (unpaired) electrons. The van der Waals surface area contributed by atoms with Crippen molar-refractivity contribution in [1.29, 1.82) is 0 Å². The fraction of sp³-hybridized carbons (Fsp3) is 0.500. The number of halogens is 12. The topological polar surface area (TPSA) is 43.1 Å². The average molecular weight is 763 g/mol. The van der Waals surface area contributed by atoms with Crippen molar-refractivity contribution in [3.8, 4) is 0 Å². The lowest BCUT2D eigenvalue weighted by atomic mass is 9.57. The molecule has 15 heteroatoms. The molecular formula is C20H7BrCl11NO2. The number of nitrogens with zero attached hydrogens (tertiary/aromatic N) is 1. The predicted molar refractivity (Wildman–Crippen MR) is 149 cm³/mol. The standard InChI is InChI=1S/C20H7BrCl11NO2/c21-5-1-3-4(2-6(5)33(34)35)8-11(18(28)15(25)14(24)17(8,27)20(18,31)32)9-7(3)10-12(22)13(23)16(9,26)19(10,29)30/h1-2,7-11H/t7-,8+,9-,10-,11-,16-,17+,18+/m0/s1. The Labute approximate surface area is 262 Å². The third-order valence-electron chi connectivity index (χ3n) is 8.31. The first kappa shape index (κ1) is 27.0. The first-order valence-corrected chi connectivity index (χ1v) is 14.8. The Hall–Kier alpha value is 1.77. The summed E-state index contributed by atoms with van der Waals surface area (Å²) in [6, 6.07) is 3.01. The van der Waals surface area contributed by atoms with E-state index in [4.69, 9.17) is 128 Å². The van der Waals surface area contributed by atoms with E-state index >= 15 is 0 Å². The fourth-order valence-corrected chi connectivity index (χ4v) is 13.1. The summed E-state index contributed by atoms with van der Waals surface area (Å²) in [7, 11) is 0. The summed E-state index contributed by atoms with van der Waals surface area (Å²) in [6.45, 7) is 0. The molecular weight excluding hydrogens is 756 g/mol. The molecule has 0 N–H and O–H groups in total. The second kappa shape index (κ2) is 7.53. The molecule has 0 aromatic heterocycles. The van der Waals surface area contributed by atoms with Crippen LogP contribution in [-0.4, -0.2) is 28.2 Å². The van der Waals surface area contributed by atoms with E-state index in [0.717, 1.165) is 0 Å². The summed E-state index contributed by atoms with van der Waals surface area (Å²) in [5, 5.41) is 12.0. The number of alkyl halides is 7. The van der Waals surface area contributed by atoms with Crippen LogP contribution in [0.15, 0.2) is 36.7 Å². The van der Waals surface area contributed by atoms with E-state index in [1.165, 1.54) is 6.07 Å². The molecule has 35 heavy (non-hydrogen) atoms. The Kier molecular flexibility index (Phi) is 5.80. The van der Waals surface area contributed by atoms with Gasteiger partial charge in [-0.3, -0.25) is 10.1 Å². The molecule has 5 aliphatic carbocycles. The third-order valence-corrected chi connectivity index (χ3v) is 16.3. The molecule has 6 rings (SSSR count). The number of nitro benzene ring substituents is 1. The minimum absolute atomic E-state index is 0.0418. The molecule has 188 valence electrons. The Morgan fingerprint density at radius 1 is 0.771 bits per heavy atom. The molecule has 0 heterocycles. The third kappa shape index (κ3) is 2.54. The highest BCUT2D eigenvalue weighted by atomic mass is 79.9. The molecule has 2 fully saturated rings. The first-order chi connectivity index (χ1) is 15.9. The van der Waals surface area contributed by atoms with E-state index in [2.05, 4.69) is 15.9 Å². The zero-order valence-corrected chi connectivity index (χ0v) is 26.2. The van der Waals surface area contributed by atoms with Crippen LogP contribution in [0.2, 0.25) is 0 Å². The summed E-state index contributed by atoms with van der Waals surface area (Å²) in [6.07, 6.45) is 0. The van der Waals surface area contributed by atoms with Gasteiger partial charge in [0.05, 0.1) is 24.5 Å². The van der Waals surface area contributed by atoms with Crippen LogP contribution in [0.5, 0.6) is 0 Å². The zero-order valence-electron chi connectivity index (χ0n) is 16.3. The molecule has 3 nitrogen and oxygen atoms in total. The van der Waals surface area contributed by atoms with Crippen molar-refractivity contribution < 1.29 is 4.92 Å². The van der Waals surface area contributed by atoms with Gasteiger partial charge in [-0.2, -0.15) is 0 Å². The monoisotopic (exact) mass is 757 g/mol. The van der Waals surface area contributed by atoms with Gasteiger partial charge in [-0.25, -0.2) is 0 Å². The Morgan fingerprint density at radius 3 is 1.91 bits per heavy atom. The van der Waals surface area contributed by atoms with Gasteiger partial charge in [-0.05, 0) is 39.0 Å². The lowest BCUT2D eigenvalue weighted by Gasteiger charge is -2.52. The summed E-state index contributed by atoms with van der Waals surface area (Å²) in [5.74, 6) is -3.76. The fourth-order valence-electron chi connectivity index (χ4n) is 7.07. The molecule has 0 spiro atoms. The minimum atomic E-state index is -1.95. The molecule has 0 saturated heterocycles. The van der Waals surface area contributed by atoms with Crippen molar-refractivity contribution in [1.82, 2.24) is 0 Å². The number of rotatable bonds is 1. The lowest BCUT2D eigenvalue weighted by molar-refractivity contribution is -0.385. The van der Waals surface area contributed by atoms with Crippen LogP contribution in [0.3, 0.4) is 0 Å². The number of benzene rings is 1. The second-order valence-electron chi connectivity index (χ2n) is 9.34. The molecule has 0 aliphatic heterocycles. The normalized spacial score (nSPS) is 45.7. The van der Waals surface area contributed by atoms with E-state index in [1.54, 1.807) is 6.07 Å². The van der Waals surface area contributed by atoms with Crippen LogP contribution in [0.1, 0.15) is 23.0 Å². The van der Waals surface area contributed by atoms with Crippen LogP contribution < -0.4 is 0 Å². The van der Waals surface area contributed by atoms with E-state index in [9.17, 15) is 10.1 Å². The smallest absolute Gasteiger partial charge is 0.258 e. The average Bonchev–Trinajstić information content (AvgIpc) is 3.14. The molecule has 0 amide bonds. The summed E-state index contributed by atoms with van der Waals surface area (Å²) in [4.78, 5) is 6.20. The van der Waals surface area contributed by atoms with E-state index in [-0.39, 0.29) is 30.3 Å². The Balaban J connectivity index is 1.78. The van der Waals surface area contributed by atoms with Crippen LogP contribution in [-0.2, 0) is 0 Å². The largest absolute Gasteiger partial charge is 0.283 e. The van der Waals surface area contributed by atoms with Gasteiger partial charge in [0.25, 0.3) is 5.69 Å². The molecule has 1 aromatic carbocycles. The van der Waals surface area contributed by atoms with Crippen molar-refractivity contribution in [3.63, 3.8) is 0 Å². The molecule has 1 aromatic rings. The van der Waals surface area contributed by atoms with Gasteiger partial charge in [0.1, 0.15) is 14.6 Å². The van der Waals surface area contributed by atoms with Gasteiger partial charge in [-0.15, -0.1) is 34.8 Å². The Bertz CT molecular complexity index is 1350. The second-order valence-corrected chi connectivity index (χ2v) is 16.2. The van der Waals surface area contributed by atoms with Gasteiger partial charge < -0.3 is 0 Å². The lowest BCUT2D eigenvalue weighted by Crippen LogP contribution is -2.53. The van der Waals surface area contributed by atoms with Gasteiger partial charge in [0, 0.05) is 34.8 Å². The van der Waals surface area contributed by atoms with Gasteiger partial charge >= 0.3 is 0 Å². The quantitative estimate of drug-likeness (QED) is 0.163. The van der Waals surface area contributed by atoms with Gasteiger partial charge in [-0.1, -0.05) is 92.8 Å². The van der Waals surface area contributed by atoms with E-state index in [0.29, 0.717) is 11.1 Å². The van der Waals surface area contributed by atoms with Crippen LogP contribution in [0.4, 0.5) is 5.69 Å². The summed E-state index contributed by atoms with van der Waals surface area (Å²) in [5.41, 5.74) is 0.862. The minimum Gasteiger partial charge on any atom is -0.258 e. The van der Waals surface area contributed by atoms with Gasteiger partial charge in [0.15, 0.2) is 8.67 Å². The van der Waals surface area contributed by atoms with Gasteiger partial charge in [0.2, 0.25) is 0 Å². The molecule has 0 unspecified atom stereocenters. The first-order valence-electron chi connectivity index (χ1n) is 9.87. The SMILES string of the molecule is O=[N+]([O-])c1cc2c(cc1Br)[C@H]1[C@@H]([C@@H]3[C@@H]2[C@@]2(Cl)C(Cl)=C(Cl)[C@@]3(Cl)C2(Cl)Cl)[C@]2(Cl)C(Cl)=C(Cl)[C@H]1C2(Cl)Cl. The van der Waals surface area contributed by atoms with E-state index in [1.807, 2.05) is 0 Å². The molecule has 4 bridgehead atoms. The van der Waals surface area contributed by atoms with Crippen LogP contribution in [0.25, 0.3) is 0 Å². The maximum absolute atomic E-state index is 11.8. The van der Waals surface area contributed by atoms with Crippen molar-refractivity contribution in [2.75, 3.05) is 0 Å². The maximum atomic E-state index is 11.8. The van der Waals surface area contributed by atoms with Crippen LogP contribution >= 0.6 is 144 Å². The van der Waals surface area contributed by atoms with Crippen molar-refractivity contribution in [3.05, 3.63) is 58.0 Å². The van der Waals surface area contributed by atoms with E-state index < -0.39 is 57.8 Å². The predicted octanol–water partition coefficient (Wildman–Crippen LogP) is 10.1. The molecule has 8 atom stereocenters. The number of allylic oxidation sites excluding steroid dienone is 4. The Morgan fingerprint density at radius 2 is 1.34 bits per heavy atom. The number of fused-ring (bicyclic) bond motifs is 14. The zero-order chi connectivity index (χ0) is 26.0. The summed E-state index contributed by atoms with van der Waals surface area (Å²) < 4.78 is -3.40. The van der Waals surface area contributed by atoms with Crippen molar-refractivity contribution in [2.24, 2.45) is 17.8 Å². The maximum Gasteiger partial charge on any atom is 0.283 e. The van der Waals surface area contributed by atoms with Crippen LogP contribution in [0, 0.1) is 27.9 Å². The number of hydrogen-bond acceptors (Lipinski definition) is 2. The van der Waals surface area contributed by atoms with Crippen molar-refractivity contribution in [2.45, 2.75) is 35.1 Å². The summed E-state index contributed by atoms with van der Waals surface area (Å²) >= 11 is 79.3. The highest BCUT2D eigenvalue weighted by Crippen LogP contribution is 2.87.